The van der Waals surface area contributed by atoms with Gasteiger partial charge in [0.25, 0.3) is 0 Å². The second-order valence-corrected chi connectivity index (χ2v) is 6.74. The minimum Gasteiger partial charge on any atom is -0.326 e. The standard InChI is InChI=1S/C11H24N2O2S/c1-3-4-9-16(14,15)13-8-6-5-7-11(13)10(2)12/h10-11H,3-9,12H2,1-2H3. The van der Waals surface area contributed by atoms with E-state index in [2.05, 4.69) is 0 Å². The summed E-state index contributed by atoms with van der Waals surface area (Å²) in [5.41, 5.74) is 5.88. The van der Waals surface area contributed by atoms with E-state index in [-0.39, 0.29) is 17.8 Å². The van der Waals surface area contributed by atoms with Crippen LogP contribution in [0.2, 0.25) is 0 Å². The third kappa shape index (κ3) is 3.43. The Morgan fingerprint density at radius 1 is 1.44 bits per heavy atom. The highest BCUT2D eigenvalue weighted by molar-refractivity contribution is 7.89. The van der Waals surface area contributed by atoms with Crippen molar-refractivity contribution < 1.29 is 8.42 Å². The summed E-state index contributed by atoms with van der Waals surface area (Å²) in [6.45, 7) is 4.56. The molecule has 1 aliphatic heterocycles. The molecule has 0 aliphatic carbocycles. The van der Waals surface area contributed by atoms with Gasteiger partial charge in [0.1, 0.15) is 0 Å². The van der Waals surface area contributed by atoms with Gasteiger partial charge in [0.2, 0.25) is 10.0 Å². The van der Waals surface area contributed by atoms with Gasteiger partial charge in [-0.25, -0.2) is 8.42 Å². The maximum absolute atomic E-state index is 12.1. The summed E-state index contributed by atoms with van der Waals surface area (Å²) in [4.78, 5) is 0. The maximum Gasteiger partial charge on any atom is 0.214 e. The van der Waals surface area contributed by atoms with Crippen LogP contribution >= 0.6 is 0 Å². The average molecular weight is 248 g/mol. The van der Waals surface area contributed by atoms with E-state index in [9.17, 15) is 8.42 Å². The van der Waals surface area contributed by atoms with Crippen LogP contribution in [0, 0.1) is 0 Å². The Hall–Kier alpha value is -0.130. The second-order valence-electron chi connectivity index (χ2n) is 4.70. The van der Waals surface area contributed by atoms with E-state index in [4.69, 9.17) is 5.73 Å². The van der Waals surface area contributed by atoms with Gasteiger partial charge in [-0.2, -0.15) is 4.31 Å². The van der Waals surface area contributed by atoms with Crippen molar-refractivity contribution >= 4 is 10.0 Å². The van der Waals surface area contributed by atoms with Gasteiger partial charge < -0.3 is 5.73 Å². The molecule has 0 radical (unpaired) electrons. The fraction of sp³-hybridized carbons (Fsp3) is 1.00. The number of hydrogen-bond donors (Lipinski definition) is 1. The average Bonchev–Trinajstić information content (AvgIpc) is 2.26. The normalized spacial score (nSPS) is 25.6. The Bertz CT molecular complexity index is 301. The zero-order chi connectivity index (χ0) is 12.2. The summed E-state index contributed by atoms with van der Waals surface area (Å²) in [6.07, 6.45) is 4.62. The van der Waals surface area contributed by atoms with Crippen molar-refractivity contribution in [1.82, 2.24) is 4.31 Å². The zero-order valence-electron chi connectivity index (χ0n) is 10.4. The van der Waals surface area contributed by atoms with Crippen LogP contribution in [-0.2, 0) is 10.0 Å². The molecular formula is C11H24N2O2S. The Labute approximate surface area is 99.2 Å². The molecule has 1 rings (SSSR count). The van der Waals surface area contributed by atoms with Gasteiger partial charge in [0, 0.05) is 18.6 Å². The molecule has 2 atom stereocenters. The maximum atomic E-state index is 12.1. The van der Waals surface area contributed by atoms with Crippen LogP contribution in [-0.4, -0.2) is 37.1 Å². The Morgan fingerprint density at radius 2 is 2.12 bits per heavy atom. The molecule has 0 amide bonds. The molecule has 96 valence electrons. The third-order valence-electron chi connectivity index (χ3n) is 3.22. The monoisotopic (exact) mass is 248 g/mol. The van der Waals surface area contributed by atoms with E-state index >= 15 is 0 Å². The van der Waals surface area contributed by atoms with E-state index in [0.717, 1.165) is 32.1 Å². The van der Waals surface area contributed by atoms with Crippen LogP contribution in [0.1, 0.15) is 46.0 Å². The molecule has 1 saturated heterocycles. The van der Waals surface area contributed by atoms with Crippen LogP contribution in [0.4, 0.5) is 0 Å². The number of unbranched alkanes of at least 4 members (excludes halogenated alkanes) is 1. The first kappa shape index (κ1) is 13.9. The van der Waals surface area contributed by atoms with Gasteiger partial charge in [0.05, 0.1) is 5.75 Å². The summed E-state index contributed by atoms with van der Waals surface area (Å²) in [5.74, 6) is 0.271. The highest BCUT2D eigenvalue weighted by atomic mass is 32.2. The molecule has 5 heteroatoms. The lowest BCUT2D eigenvalue weighted by molar-refractivity contribution is 0.227. The van der Waals surface area contributed by atoms with Gasteiger partial charge in [-0.15, -0.1) is 0 Å². The molecule has 0 bridgehead atoms. The van der Waals surface area contributed by atoms with Crippen LogP contribution in [0.15, 0.2) is 0 Å². The summed E-state index contributed by atoms with van der Waals surface area (Å²) in [5, 5.41) is 0. The van der Waals surface area contributed by atoms with Gasteiger partial charge in [-0.1, -0.05) is 19.8 Å². The molecule has 0 aromatic rings. The molecule has 4 nitrogen and oxygen atoms in total. The fourth-order valence-electron chi connectivity index (χ4n) is 2.25. The summed E-state index contributed by atoms with van der Waals surface area (Å²) >= 11 is 0. The van der Waals surface area contributed by atoms with E-state index < -0.39 is 10.0 Å². The molecule has 2 unspecified atom stereocenters. The van der Waals surface area contributed by atoms with E-state index in [1.807, 2.05) is 13.8 Å². The lowest BCUT2D eigenvalue weighted by atomic mass is 10.00. The molecule has 1 heterocycles. The van der Waals surface area contributed by atoms with Crippen molar-refractivity contribution in [2.75, 3.05) is 12.3 Å². The quantitative estimate of drug-likeness (QED) is 0.798. The lowest BCUT2D eigenvalue weighted by Gasteiger charge is -2.36. The number of nitrogens with two attached hydrogens (primary N) is 1. The predicted octanol–water partition coefficient (Wildman–Crippen LogP) is 1.32. The minimum absolute atomic E-state index is 0.00982. The first-order valence-corrected chi connectivity index (χ1v) is 7.85. The zero-order valence-corrected chi connectivity index (χ0v) is 11.2. The van der Waals surface area contributed by atoms with Crippen LogP contribution < -0.4 is 5.73 Å². The van der Waals surface area contributed by atoms with Gasteiger partial charge in [-0.05, 0) is 26.2 Å². The smallest absolute Gasteiger partial charge is 0.214 e. The minimum atomic E-state index is -3.09. The topological polar surface area (TPSA) is 63.4 Å². The predicted molar refractivity (Wildman–Crippen MR) is 66.7 cm³/mol. The van der Waals surface area contributed by atoms with Crippen molar-refractivity contribution in [1.29, 1.82) is 0 Å². The number of nitrogens with zero attached hydrogens (tertiary/aromatic N) is 1. The Kier molecular flexibility index (Phi) is 5.21. The van der Waals surface area contributed by atoms with Crippen molar-refractivity contribution in [3.63, 3.8) is 0 Å². The molecule has 1 aliphatic rings. The van der Waals surface area contributed by atoms with Gasteiger partial charge in [-0.3, -0.25) is 0 Å². The lowest BCUT2D eigenvalue weighted by Crippen LogP contribution is -2.52. The molecule has 1 fully saturated rings. The molecular weight excluding hydrogens is 224 g/mol. The largest absolute Gasteiger partial charge is 0.326 e. The fourth-order valence-corrected chi connectivity index (χ4v) is 4.25. The van der Waals surface area contributed by atoms with E-state index in [1.54, 1.807) is 4.31 Å². The molecule has 0 saturated carbocycles. The van der Waals surface area contributed by atoms with Gasteiger partial charge >= 0.3 is 0 Å². The highest BCUT2D eigenvalue weighted by Gasteiger charge is 2.33. The summed E-state index contributed by atoms with van der Waals surface area (Å²) in [6, 6.07) is -0.0627. The number of rotatable bonds is 5. The molecule has 0 spiro atoms. The Balaban J connectivity index is 2.74. The Morgan fingerprint density at radius 3 is 2.69 bits per heavy atom. The number of hydrogen-bond acceptors (Lipinski definition) is 3. The second kappa shape index (κ2) is 5.98. The first-order valence-electron chi connectivity index (χ1n) is 6.24. The third-order valence-corrected chi connectivity index (χ3v) is 5.19. The molecule has 2 N–H and O–H groups in total. The van der Waals surface area contributed by atoms with Crippen molar-refractivity contribution in [3.05, 3.63) is 0 Å². The van der Waals surface area contributed by atoms with Crippen LogP contribution in [0.3, 0.4) is 0 Å². The van der Waals surface area contributed by atoms with Crippen molar-refractivity contribution in [2.24, 2.45) is 5.73 Å². The number of sulfonamides is 1. The highest BCUT2D eigenvalue weighted by Crippen LogP contribution is 2.23. The molecule has 16 heavy (non-hydrogen) atoms. The van der Waals surface area contributed by atoms with Gasteiger partial charge in [0.15, 0.2) is 0 Å². The first-order chi connectivity index (χ1) is 7.49. The summed E-state index contributed by atoms with van der Waals surface area (Å²) in [7, 11) is -3.09. The van der Waals surface area contributed by atoms with Crippen LogP contribution in [0.5, 0.6) is 0 Å². The van der Waals surface area contributed by atoms with Crippen molar-refractivity contribution in [3.8, 4) is 0 Å². The SMILES string of the molecule is CCCCS(=O)(=O)N1CCCCC1C(C)N. The number of piperidine rings is 1. The molecule has 0 aromatic carbocycles. The molecule has 0 aromatic heterocycles. The van der Waals surface area contributed by atoms with E-state index in [0.29, 0.717) is 6.54 Å². The van der Waals surface area contributed by atoms with E-state index in [1.165, 1.54) is 0 Å². The van der Waals surface area contributed by atoms with Crippen molar-refractivity contribution in [2.45, 2.75) is 58.0 Å². The summed E-state index contributed by atoms with van der Waals surface area (Å²) < 4.78 is 25.9. The van der Waals surface area contributed by atoms with Crippen LogP contribution in [0.25, 0.3) is 0 Å².